The van der Waals surface area contributed by atoms with Crippen LogP contribution in [0.2, 0.25) is 0 Å². The number of rotatable bonds is 11. The molecule has 372 valence electrons. The molecule has 6 aromatic rings. The Morgan fingerprint density at radius 1 is 0.606 bits per heavy atom. The summed E-state index contributed by atoms with van der Waals surface area (Å²) in [5, 5.41) is 11.8. The van der Waals surface area contributed by atoms with Crippen molar-refractivity contribution in [2.45, 2.75) is 115 Å². The lowest BCUT2D eigenvalue weighted by atomic mass is 9.70. The topological polar surface area (TPSA) is 272 Å². The third-order valence-electron chi connectivity index (χ3n) is 12.7. The summed E-state index contributed by atoms with van der Waals surface area (Å²) in [6.07, 6.45) is 2.18. The molecule has 2 aliphatic rings. The summed E-state index contributed by atoms with van der Waals surface area (Å²) in [4.78, 5) is 76.9. The molecule has 17 nitrogen and oxygen atoms in total. The van der Waals surface area contributed by atoms with Gasteiger partial charge in [-0.15, -0.1) is 0 Å². The van der Waals surface area contributed by atoms with Crippen LogP contribution in [0, 0.1) is 27.7 Å². The van der Waals surface area contributed by atoms with Crippen LogP contribution in [-0.2, 0) is 56.4 Å². The van der Waals surface area contributed by atoms with Gasteiger partial charge in [0, 0.05) is 35.6 Å². The van der Waals surface area contributed by atoms with Crippen molar-refractivity contribution in [1.82, 2.24) is 35.2 Å². The number of Topliss-reactive ketones (excluding diaryl/α,β-unsaturated/α-hetero) is 2. The fraction of sp³-hybridized carbons (Fsp3) is 0.346. The van der Waals surface area contributed by atoms with Gasteiger partial charge in [-0.05, 0) is 139 Å². The molecule has 0 bridgehead atoms. The second kappa shape index (κ2) is 21.6. The first kappa shape index (κ1) is 53.4. The first-order valence-corrected chi connectivity index (χ1v) is 26.3. The summed E-state index contributed by atoms with van der Waals surface area (Å²) in [7, 11) is -6.33. The van der Waals surface area contributed by atoms with Crippen LogP contribution < -0.4 is 11.1 Å². The Morgan fingerprint density at radius 2 is 1.01 bits per heavy atom. The smallest absolute Gasteiger partial charge is 0.354 e. The monoisotopic (exact) mass is 1000 g/mol. The maximum Gasteiger partial charge on any atom is 0.354 e. The van der Waals surface area contributed by atoms with Crippen LogP contribution >= 0.6 is 0 Å². The van der Waals surface area contributed by atoms with Crippen LogP contribution in [0.25, 0.3) is 0 Å². The molecule has 0 saturated heterocycles. The Hall–Kier alpha value is -6.96. The lowest BCUT2D eigenvalue weighted by Gasteiger charge is -2.32. The van der Waals surface area contributed by atoms with Crippen molar-refractivity contribution < 1.29 is 41.1 Å². The van der Waals surface area contributed by atoms with Gasteiger partial charge in [0.25, 0.3) is 5.91 Å². The normalized spacial score (nSPS) is 17.4. The fourth-order valence-corrected chi connectivity index (χ4v) is 10.1. The summed E-state index contributed by atoms with van der Waals surface area (Å²) in [5.74, 6) is -0.136. The molecule has 4 N–H and O–H groups in total. The van der Waals surface area contributed by atoms with Crippen molar-refractivity contribution in [3.63, 3.8) is 0 Å². The minimum absolute atomic E-state index is 0.0334. The highest BCUT2D eigenvalue weighted by molar-refractivity contribution is 7.91. The number of carboxylic acids is 1. The average Bonchev–Trinajstić information content (AvgIpc) is 3.35. The number of fused-ring (bicyclic) bond motifs is 2. The van der Waals surface area contributed by atoms with E-state index in [2.05, 4.69) is 35.2 Å². The van der Waals surface area contributed by atoms with Gasteiger partial charge in [-0.2, -0.15) is 0 Å². The number of nitrogens with two attached hydrogens (primary N) is 1. The third kappa shape index (κ3) is 12.0. The zero-order valence-corrected chi connectivity index (χ0v) is 42.7. The average molecular weight is 1000 g/mol. The summed E-state index contributed by atoms with van der Waals surface area (Å²) >= 11 is 0. The van der Waals surface area contributed by atoms with Crippen molar-refractivity contribution in [2.75, 3.05) is 11.5 Å². The maximum absolute atomic E-state index is 13.4. The fourth-order valence-electron chi connectivity index (χ4n) is 8.34. The number of hydrogen-bond donors (Lipinski definition) is 3. The highest BCUT2D eigenvalue weighted by Gasteiger charge is 2.43. The highest BCUT2D eigenvalue weighted by atomic mass is 32.2. The van der Waals surface area contributed by atoms with Gasteiger partial charge in [0.05, 0.1) is 54.9 Å². The number of carboxylic acid groups (broad SMARTS) is 1. The van der Waals surface area contributed by atoms with Crippen LogP contribution in [0.5, 0.6) is 0 Å². The molecule has 2 aromatic carbocycles. The second-order valence-corrected chi connectivity index (χ2v) is 22.4. The molecule has 2 unspecified atom stereocenters. The molecule has 71 heavy (non-hydrogen) atoms. The quantitative estimate of drug-likeness (QED) is 0.125. The molecule has 0 saturated carbocycles. The Bertz CT molecular complexity index is 3220. The molecule has 1 amide bonds. The van der Waals surface area contributed by atoms with Crippen molar-refractivity contribution in [3.8, 4) is 0 Å². The Morgan fingerprint density at radius 3 is 1.41 bits per heavy atom. The molecule has 19 heteroatoms. The molecule has 2 atom stereocenters. The van der Waals surface area contributed by atoms with E-state index in [1.165, 1.54) is 6.07 Å². The molecule has 0 spiro atoms. The van der Waals surface area contributed by atoms with Crippen molar-refractivity contribution in [3.05, 3.63) is 164 Å². The highest BCUT2D eigenvalue weighted by Crippen LogP contribution is 2.38. The van der Waals surface area contributed by atoms with Crippen molar-refractivity contribution in [1.29, 1.82) is 0 Å². The predicted octanol–water partition coefficient (Wildman–Crippen LogP) is 6.51. The van der Waals surface area contributed by atoms with Gasteiger partial charge in [0.1, 0.15) is 23.0 Å². The number of aryl methyl sites for hydroxylation is 6. The number of amides is 1. The van der Waals surface area contributed by atoms with E-state index in [1.807, 2.05) is 53.7 Å². The first-order valence-electron chi connectivity index (χ1n) is 23.0. The van der Waals surface area contributed by atoms with Crippen LogP contribution in [-0.4, -0.2) is 86.8 Å². The number of nitrogens with zero attached hydrogens (tertiary/aromatic N) is 6. The summed E-state index contributed by atoms with van der Waals surface area (Å²) in [6, 6.07) is 23.0. The van der Waals surface area contributed by atoms with E-state index >= 15 is 0 Å². The van der Waals surface area contributed by atoms with Crippen LogP contribution in [0.3, 0.4) is 0 Å². The number of nitrogens with one attached hydrogen (secondary N) is 1. The van der Waals surface area contributed by atoms with Crippen LogP contribution in [0.1, 0.15) is 139 Å². The van der Waals surface area contributed by atoms with Gasteiger partial charge in [-0.25, -0.2) is 51.5 Å². The number of ketones is 2. The zero-order chi connectivity index (χ0) is 52.1. The van der Waals surface area contributed by atoms with Gasteiger partial charge in [0.15, 0.2) is 31.2 Å². The summed E-state index contributed by atoms with van der Waals surface area (Å²) < 4.78 is 46.6. The van der Waals surface area contributed by atoms with E-state index in [9.17, 15) is 36.0 Å². The first-order chi connectivity index (χ1) is 33.4. The second-order valence-electron chi connectivity index (χ2n) is 17.9. The van der Waals surface area contributed by atoms with Gasteiger partial charge < -0.3 is 16.2 Å². The SMILES string of the molecule is CCS(=O)(=O)c1ccc(CN)cc1.CCS(=O)(=O)c1ccc(CNC(=O)c2ccc3c(n2)CCC(C)(c2cc(C)nc(C)n2)C3=O)cc1.Cc1cc(C2(C)CCc3nc(C(=O)O)ccc3C2=O)nc(C)n1. The molecule has 4 heterocycles. The molecule has 8 rings (SSSR count). The number of benzene rings is 2. The molecular formula is C52H58N8O9S2. The predicted molar refractivity (Wildman–Crippen MR) is 266 cm³/mol. The van der Waals surface area contributed by atoms with Crippen LogP contribution in [0.4, 0.5) is 0 Å². The summed E-state index contributed by atoms with van der Waals surface area (Å²) in [5.41, 5.74) is 11.0. The lowest BCUT2D eigenvalue weighted by molar-refractivity contribution is 0.0687. The van der Waals surface area contributed by atoms with Crippen LogP contribution in [0.15, 0.2) is 94.7 Å². The van der Waals surface area contributed by atoms with Gasteiger partial charge in [-0.1, -0.05) is 38.1 Å². The van der Waals surface area contributed by atoms with E-state index in [4.69, 9.17) is 10.8 Å². The number of pyridine rings is 2. The number of hydrogen-bond acceptors (Lipinski definition) is 15. The van der Waals surface area contributed by atoms with Gasteiger partial charge in [0.2, 0.25) is 0 Å². The van der Waals surface area contributed by atoms with Crippen molar-refractivity contribution >= 4 is 43.1 Å². The van der Waals surface area contributed by atoms with E-state index in [-0.39, 0.29) is 51.8 Å². The minimum Gasteiger partial charge on any atom is -0.477 e. The Labute approximate surface area is 414 Å². The minimum atomic E-state index is -3.26. The van der Waals surface area contributed by atoms with Crippen molar-refractivity contribution in [2.24, 2.45) is 5.73 Å². The Kier molecular flexibility index (Phi) is 16.2. The zero-order valence-electron chi connectivity index (χ0n) is 41.0. The van der Waals surface area contributed by atoms with E-state index in [1.54, 1.807) is 80.6 Å². The lowest BCUT2D eigenvalue weighted by Crippen LogP contribution is -2.39. The number of carbonyl (C=O) groups is 4. The number of aromatic nitrogens is 6. The molecule has 0 radical (unpaired) electrons. The standard InChI is InChI=1S/C26H28N4O4S.C17H17N3O3.C9H13NO2S/c1-5-35(33,34)19-8-6-18(7-9-19)15-27-25(32)22-11-10-20-21(30-22)12-13-26(4,24(20)31)23-14-16(2)28-17(3)29-23;1-9-8-14(19-10(2)18-9)17(3)7-6-12-11(15(17)21)4-5-13(20-12)16(22)23;1-2-13(11,12)9-5-3-8(7-10)4-6-9/h6-11,14H,5,12-13,15H2,1-4H3,(H,27,32);4-5,8H,6-7H2,1-3H3,(H,22,23);3-6H,2,7,10H2,1H3. The van der Waals surface area contributed by atoms with E-state index < -0.39 is 36.5 Å². The molecule has 2 aliphatic carbocycles. The maximum atomic E-state index is 13.4. The van der Waals surface area contributed by atoms with E-state index in [0.29, 0.717) is 82.7 Å². The number of sulfone groups is 2. The number of carbonyl (C=O) groups excluding carboxylic acids is 3. The number of aromatic carboxylic acids is 1. The van der Waals surface area contributed by atoms with E-state index in [0.717, 1.165) is 22.5 Å². The third-order valence-corrected chi connectivity index (χ3v) is 16.2. The molecule has 0 fully saturated rings. The van der Waals surface area contributed by atoms with Gasteiger partial charge >= 0.3 is 5.97 Å². The molecule has 4 aromatic heterocycles. The molecular weight excluding hydrogens is 945 g/mol. The van der Waals surface area contributed by atoms with Gasteiger partial charge in [-0.3, -0.25) is 14.4 Å². The summed E-state index contributed by atoms with van der Waals surface area (Å²) in [6.45, 7) is 15.1. The largest absolute Gasteiger partial charge is 0.477 e. The molecule has 0 aliphatic heterocycles. The Balaban J connectivity index is 0.000000195.